The molecule has 0 radical (unpaired) electrons. The van der Waals surface area contributed by atoms with E-state index < -0.39 is 0 Å². The van der Waals surface area contributed by atoms with Crippen LogP contribution in [0.5, 0.6) is 5.75 Å². The first kappa shape index (κ1) is 21.9. The number of carbonyl (C=O) groups excluding carboxylic acids is 2. The lowest BCUT2D eigenvalue weighted by molar-refractivity contribution is -0.118. The van der Waals surface area contributed by atoms with Crippen molar-refractivity contribution in [2.45, 2.75) is 51.9 Å². The van der Waals surface area contributed by atoms with Crippen molar-refractivity contribution in [3.63, 3.8) is 0 Å². The van der Waals surface area contributed by atoms with Gasteiger partial charge in [-0.25, -0.2) is 0 Å². The lowest BCUT2D eigenvalue weighted by Gasteiger charge is -2.22. The fourth-order valence-electron chi connectivity index (χ4n) is 3.69. The van der Waals surface area contributed by atoms with Crippen molar-refractivity contribution in [1.29, 1.82) is 0 Å². The Hall–Kier alpha value is -2.82. The van der Waals surface area contributed by atoms with Crippen LogP contribution in [0.4, 0.5) is 5.69 Å². The molecule has 1 N–H and O–H groups in total. The second-order valence-electron chi connectivity index (χ2n) is 7.97. The molecular formula is C25H32N2O3. The van der Waals surface area contributed by atoms with Crippen LogP contribution in [-0.2, 0) is 4.79 Å². The van der Waals surface area contributed by atoms with E-state index in [1.807, 2.05) is 41.3 Å². The van der Waals surface area contributed by atoms with Crippen LogP contribution in [0.15, 0.2) is 48.5 Å². The van der Waals surface area contributed by atoms with Gasteiger partial charge in [-0.05, 0) is 55.0 Å². The van der Waals surface area contributed by atoms with Crippen LogP contribution in [0.1, 0.15) is 67.8 Å². The quantitative estimate of drug-likeness (QED) is 0.682. The van der Waals surface area contributed by atoms with Gasteiger partial charge in [0.1, 0.15) is 5.75 Å². The Morgan fingerprint density at radius 2 is 1.67 bits per heavy atom. The second kappa shape index (κ2) is 10.8. The minimum Gasteiger partial charge on any atom is -0.484 e. The predicted molar refractivity (Wildman–Crippen MR) is 120 cm³/mol. The minimum atomic E-state index is -0.280. The largest absolute Gasteiger partial charge is 0.484 e. The van der Waals surface area contributed by atoms with Crippen LogP contribution < -0.4 is 10.1 Å². The highest BCUT2D eigenvalue weighted by Gasteiger charge is 2.20. The van der Waals surface area contributed by atoms with Crippen molar-refractivity contribution in [3.05, 3.63) is 59.7 Å². The maximum Gasteiger partial charge on any atom is 0.262 e. The fraction of sp³-hybridized carbons (Fsp3) is 0.440. The number of para-hydroxylation sites is 1. The highest BCUT2D eigenvalue weighted by Crippen LogP contribution is 2.22. The number of amides is 2. The Kier molecular flexibility index (Phi) is 7.89. The first-order valence-corrected chi connectivity index (χ1v) is 11.0. The number of carbonyl (C=O) groups is 2. The zero-order chi connectivity index (χ0) is 21.3. The highest BCUT2D eigenvalue weighted by atomic mass is 16.5. The third-order valence-electron chi connectivity index (χ3n) is 5.76. The van der Waals surface area contributed by atoms with Crippen LogP contribution in [-0.4, -0.2) is 36.4 Å². The molecule has 1 saturated heterocycles. The second-order valence-corrected chi connectivity index (χ2v) is 7.97. The van der Waals surface area contributed by atoms with Crippen LogP contribution in [0.3, 0.4) is 0 Å². The SMILES string of the molecule is CCC(C)c1ccc(OCC(=O)Nc2ccccc2C(=O)N2CCCCCC2)cc1. The van der Waals surface area contributed by atoms with Crippen LogP contribution >= 0.6 is 0 Å². The van der Waals surface area contributed by atoms with Crippen molar-refractivity contribution >= 4 is 17.5 Å². The lowest BCUT2D eigenvalue weighted by atomic mass is 9.99. The van der Waals surface area contributed by atoms with E-state index in [0.717, 1.165) is 45.2 Å². The van der Waals surface area contributed by atoms with Gasteiger partial charge in [-0.3, -0.25) is 9.59 Å². The summed E-state index contributed by atoms with van der Waals surface area (Å²) in [5, 5.41) is 2.84. The molecule has 1 fully saturated rings. The van der Waals surface area contributed by atoms with Gasteiger partial charge >= 0.3 is 0 Å². The molecule has 1 aliphatic heterocycles. The van der Waals surface area contributed by atoms with Gasteiger partial charge in [0.05, 0.1) is 11.3 Å². The monoisotopic (exact) mass is 408 g/mol. The lowest BCUT2D eigenvalue weighted by Crippen LogP contribution is -2.33. The normalized spacial score (nSPS) is 15.2. The summed E-state index contributed by atoms with van der Waals surface area (Å²) in [7, 11) is 0. The molecule has 1 atom stereocenters. The molecule has 0 aliphatic carbocycles. The average molecular weight is 409 g/mol. The fourth-order valence-corrected chi connectivity index (χ4v) is 3.69. The summed E-state index contributed by atoms with van der Waals surface area (Å²) in [6, 6.07) is 15.1. The van der Waals surface area contributed by atoms with Crippen molar-refractivity contribution in [1.82, 2.24) is 4.90 Å². The molecule has 1 heterocycles. The Labute approximate surface area is 179 Å². The first-order chi connectivity index (χ1) is 14.6. The molecule has 160 valence electrons. The Morgan fingerprint density at radius 1 is 1.00 bits per heavy atom. The van der Waals surface area contributed by atoms with Crippen molar-refractivity contribution in [2.75, 3.05) is 25.0 Å². The molecule has 1 unspecified atom stereocenters. The number of nitrogens with one attached hydrogen (secondary N) is 1. The summed E-state index contributed by atoms with van der Waals surface area (Å²) in [4.78, 5) is 27.3. The van der Waals surface area contributed by atoms with E-state index in [-0.39, 0.29) is 18.4 Å². The van der Waals surface area contributed by atoms with E-state index in [4.69, 9.17) is 4.74 Å². The highest BCUT2D eigenvalue weighted by molar-refractivity contribution is 6.04. The number of benzene rings is 2. The Morgan fingerprint density at radius 3 is 2.33 bits per heavy atom. The van der Waals surface area contributed by atoms with Crippen LogP contribution in [0.25, 0.3) is 0 Å². The molecule has 3 rings (SSSR count). The van der Waals surface area contributed by atoms with E-state index in [2.05, 4.69) is 19.2 Å². The van der Waals surface area contributed by atoms with Gasteiger partial charge in [-0.2, -0.15) is 0 Å². The summed E-state index contributed by atoms with van der Waals surface area (Å²) < 4.78 is 5.63. The molecule has 2 aromatic carbocycles. The third-order valence-corrected chi connectivity index (χ3v) is 5.76. The molecule has 0 aromatic heterocycles. The summed E-state index contributed by atoms with van der Waals surface area (Å²) >= 11 is 0. The number of hydrogen-bond acceptors (Lipinski definition) is 3. The smallest absolute Gasteiger partial charge is 0.262 e. The Balaban J connectivity index is 1.59. The molecule has 0 spiro atoms. The molecule has 5 heteroatoms. The van der Waals surface area contributed by atoms with E-state index in [1.54, 1.807) is 12.1 Å². The standard InChI is InChI=1S/C25H32N2O3/c1-3-19(2)20-12-14-21(15-13-20)30-18-24(28)26-23-11-7-6-10-22(23)25(29)27-16-8-4-5-9-17-27/h6-7,10-15,19H,3-5,8-9,16-18H2,1-2H3,(H,26,28). The molecule has 2 aromatic rings. The van der Waals surface area contributed by atoms with Gasteiger partial charge in [-0.1, -0.05) is 51.0 Å². The molecule has 30 heavy (non-hydrogen) atoms. The van der Waals surface area contributed by atoms with E-state index >= 15 is 0 Å². The summed E-state index contributed by atoms with van der Waals surface area (Å²) in [5.74, 6) is 0.859. The van der Waals surface area contributed by atoms with Gasteiger partial charge in [-0.15, -0.1) is 0 Å². The zero-order valence-electron chi connectivity index (χ0n) is 18.0. The molecular weight excluding hydrogens is 376 g/mol. The molecule has 5 nitrogen and oxygen atoms in total. The van der Waals surface area contributed by atoms with E-state index in [1.165, 1.54) is 5.56 Å². The van der Waals surface area contributed by atoms with Crippen LogP contribution in [0, 0.1) is 0 Å². The van der Waals surface area contributed by atoms with Gasteiger partial charge < -0.3 is 15.0 Å². The first-order valence-electron chi connectivity index (χ1n) is 11.0. The van der Waals surface area contributed by atoms with Gasteiger partial charge in [0.15, 0.2) is 6.61 Å². The van der Waals surface area contributed by atoms with Crippen molar-refractivity contribution in [2.24, 2.45) is 0 Å². The van der Waals surface area contributed by atoms with Gasteiger partial charge in [0, 0.05) is 13.1 Å². The van der Waals surface area contributed by atoms with Crippen molar-refractivity contribution < 1.29 is 14.3 Å². The predicted octanol–water partition coefficient (Wildman–Crippen LogP) is 5.23. The number of rotatable bonds is 7. The summed E-state index contributed by atoms with van der Waals surface area (Å²) in [6.07, 6.45) is 5.47. The maximum atomic E-state index is 13.0. The number of likely N-dealkylation sites (tertiary alicyclic amines) is 1. The van der Waals surface area contributed by atoms with Crippen molar-refractivity contribution in [3.8, 4) is 5.75 Å². The summed E-state index contributed by atoms with van der Waals surface area (Å²) in [5.41, 5.74) is 2.33. The van der Waals surface area contributed by atoms with Gasteiger partial charge in [0.2, 0.25) is 0 Å². The Bertz CT molecular complexity index is 840. The number of ether oxygens (including phenoxy) is 1. The third kappa shape index (κ3) is 5.85. The molecule has 0 bridgehead atoms. The maximum absolute atomic E-state index is 13.0. The van der Waals surface area contributed by atoms with E-state index in [9.17, 15) is 9.59 Å². The number of hydrogen-bond donors (Lipinski definition) is 1. The number of nitrogens with zero attached hydrogens (tertiary/aromatic N) is 1. The molecule has 0 saturated carbocycles. The average Bonchev–Trinajstić information content (AvgIpc) is 3.07. The number of anilines is 1. The summed E-state index contributed by atoms with van der Waals surface area (Å²) in [6.45, 7) is 5.80. The van der Waals surface area contributed by atoms with Gasteiger partial charge in [0.25, 0.3) is 11.8 Å². The topological polar surface area (TPSA) is 58.6 Å². The molecule has 1 aliphatic rings. The zero-order valence-corrected chi connectivity index (χ0v) is 18.0. The van der Waals surface area contributed by atoms with E-state index in [0.29, 0.717) is 22.9 Å². The minimum absolute atomic E-state index is 0.0191. The molecule has 2 amide bonds. The van der Waals surface area contributed by atoms with Crippen LogP contribution in [0.2, 0.25) is 0 Å².